The third-order valence-corrected chi connectivity index (χ3v) is 3.40. The number of Topliss-reactive ketones (excluding diaryl/α,β-unsaturated/α-hetero) is 1. The largest absolute Gasteiger partial charge is 0.505 e. The zero-order chi connectivity index (χ0) is 24.6. The van der Waals surface area contributed by atoms with Crippen LogP contribution in [0.2, 0.25) is 0 Å². The van der Waals surface area contributed by atoms with Gasteiger partial charge in [-0.05, 0) is 45.8 Å². The zero-order valence-electron chi connectivity index (χ0n) is 20.1. The van der Waals surface area contributed by atoms with E-state index in [0.29, 0.717) is 17.1 Å². The Balaban J connectivity index is -0.000000137. The molecule has 0 aromatic heterocycles. The topological polar surface area (TPSA) is 94.6 Å². The molecule has 0 bridgehead atoms. The Morgan fingerprint density at radius 3 is 1.57 bits per heavy atom. The molecule has 0 spiro atoms. The number of nitrogens with zero attached hydrogens (tertiary/aromatic N) is 1. The van der Waals surface area contributed by atoms with Crippen LogP contribution in [0.4, 0.5) is 0 Å². The fraction of sp³-hybridized carbons (Fsp3) is 0.609. The molecule has 0 N–H and O–H groups in total. The van der Waals surface area contributed by atoms with Crippen LogP contribution >= 0.6 is 0 Å². The highest BCUT2D eigenvalue weighted by molar-refractivity contribution is 5.91. The summed E-state index contributed by atoms with van der Waals surface area (Å²) in [5.74, 6) is 0.0833. The Kier molecular flexibility index (Phi) is 28.9. The molecule has 30 heavy (non-hydrogen) atoms. The van der Waals surface area contributed by atoms with E-state index in [1.54, 1.807) is 14.0 Å². The van der Waals surface area contributed by atoms with Gasteiger partial charge in [-0.1, -0.05) is 33.6 Å². The molecule has 1 unspecified atom stereocenters. The van der Waals surface area contributed by atoms with Crippen LogP contribution in [0.25, 0.3) is 0 Å². The first-order valence-electron chi connectivity index (χ1n) is 9.49. The van der Waals surface area contributed by atoms with E-state index >= 15 is 0 Å². The first kappa shape index (κ1) is 35.1. The van der Waals surface area contributed by atoms with Crippen LogP contribution in [0.1, 0.15) is 48.0 Å². The summed E-state index contributed by atoms with van der Waals surface area (Å²) in [6, 6.07) is 0. The smallest absolute Gasteiger partial charge is 0.234 e. The first-order valence-corrected chi connectivity index (χ1v) is 9.49. The highest BCUT2D eigenvalue weighted by Crippen LogP contribution is 2.29. The maximum absolute atomic E-state index is 10.0. The number of rotatable bonds is 4. The predicted molar refractivity (Wildman–Crippen MR) is 122 cm³/mol. The van der Waals surface area contributed by atoms with Crippen molar-refractivity contribution < 1.29 is 28.6 Å². The number of hydrogen-bond acceptors (Lipinski definition) is 7. The summed E-state index contributed by atoms with van der Waals surface area (Å²) in [5, 5.41) is 0. The molecule has 0 aromatic rings. The minimum atomic E-state index is 0.0185. The molecule has 7 heteroatoms. The van der Waals surface area contributed by atoms with E-state index in [-0.39, 0.29) is 11.6 Å². The standard InChI is InChI=1S/C6H12O.C5H8O.C4H6O.2C3H6O.C2H3NO/c1-3-6(2)4-7-5-6;1-4(2)5(3)6;1-3-4(2)5;1-3-2-4-3;1-3-4-2;1-3-2-4/h3-5H2,1-2H3;1H2,2-3H3;3H,1H2,2H3;3H,2H2,1H3;3H,1H2,2H3;1H3. The van der Waals surface area contributed by atoms with E-state index in [0.717, 1.165) is 19.8 Å². The second-order valence-electron chi connectivity index (χ2n) is 6.67. The Morgan fingerprint density at radius 2 is 1.57 bits per heavy atom. The van der Waals surface area contributed by atoms with Crippen molar-refractivity contribution in [1.29, 1.82) is 0 Å². The summed E-state index contributed by atoms with van der Waals surface area (Å²) in [6.07, 6.45) is 5.80. The minimum Gasteiger partial charge on any atom is -0.505 e. The Hall–Kier alpha value is -2.34. The number of aliphatic imine (C=N–C) groups is 1. The van der Waals surface area contributed by atoms with Crippen LogP contribution in [-0.4, -0.2) is 57.7 Å². The van der Waals surface area contributed by atoms with E-state index in [2.05, 4.69) is 50.2 Å². The summed E-state index contributed by atoms with van der Waals surface area (Å²) in [4.78, 5) is 31.6. The number of hydrogen-bond donors (Lipinski definition) is 0. The highest BCUT2D eigenvalue weighted by atomic mass is 16.6. The van der Waals surface area contributed by atoms with E-state index in [1.165, 1.54) is 45.7 Å². The van der Waals surface area contributed by atoms with E-state index < -0.39 is 0 Å². The summed E-state index contributed by atoms with van der Waals surface area (Å²) in [7, 11) is 2.94. The minimum absolute atomic E-state index is 0.0185. The van der Waals surface area contributed by atoms with Gasteiger partial charge in [0.05, 0.1) is 39.3 Å². The molecule has 0 aliphatic carbocycles. The summed E-state index contributed by atoms with van der Waals surface area (Å²) < 4.78 is 14.0. The molecule has 0 aromatic carbocycles. The fourth-order valence-electron chi connectivity index (χ4n) is 0.751. The van der Waals surface area contributed by atoms with Crippen molar-refractivity contribution in [1.82, 2.24) is 0 Å². The lowest BCUT2D eigenvalue weighted by Crippen LogP contribution is -2.38. The number of isocyanates is 1. The SMILES string of the molecule is C=C(C)C(C)=O.C=CC(C)=O.C=COC.CC1CO1.CCC1(C)COC1.CN=C=O. The monoisotopic (exact) mass is 427 g/mol. The molecule has 2 heterocycles. The number of ketones is 2. The van der Waals surface area contributed by atoms with Gasteiger partial charge in [0.25, 0.3) is 0 Å². The quantitative estimate of drug-likeness (QED) is 0.216. The predicted octanol–water partition coefficient (Wildman–Crippen LogP) is 4.48. The van der Waals surface area contributed by atoms with Crippen LogP contribution in [0, 0.1) is 5.41 Å². The van der Waals surface area contributed by atoms with Crippen molar-refractivity contribution in [3.05, 3.63) is 37.6 Å². The van der Waals surface area contributed by atoms with Crippen LogP contribution in [0.3, 0.4) is 0 Å². The van der Waals surface area contributed by atoms with E-state index in [9.17, 15) is 9.59 Å². The molecule has 174 valence electrons. The van der Waals surface area contributed by atoms with Gasteiger partial charge in [-0.25, -0.2) is 9.79 Å². The lowest BCUT2D eigenvalue weighted by atomic mass is 9.86. The van der Waals surface area contributed by atoms with Crippen LogP contribution in [-0.2, 0) is 28.6 Å². The van der Waals surface area contributed by atoms with Gasteiger partial charge in [-0.2, -0.15) is 0 Å². The van der Waals surface area contributed by atoms with Crippen molar-refractivity contribution in [3.8, 4) is 0 Å². The maximum Gasteiger partial charge on any atom is 0.234 e. The van der Waals surface area contributed by atoms with E-state index in [4.69, 9.17) is 14.3 Å². The number of ether oxygens (including phenoxy) is 3. The molecule has 2 fully saturated rings. The van der Waals surface area contributed by atoms with Crippen LogP contribution in [0.5, 0.6) is 0 Å². The lowest BCUT2D eigenvalue weighted by molar-refractivity contribution is -0.114. The average molecular weight is 428 g/mol. The third kappa shape index (κ3) is 40.4. The van der Waals surface area contributed by atoms with Gasteiger partial charge in [0.2, 0.25) is 6.08 Å². The fourth-order valence-corrected chi connectivity index (χ4v) is 0.751. The second-order valence-corrected chi connectivity index (χ2v) is 6.67. The second kappa shape index (κ2) is 24.7. The Bertz CT molecular complexity index is 510. The molecule has 2 rings (SSSR count). The van der Waals surface area contributed by atoms with Crippen molar-refractivity contribution in [2.75, 3.05) is 34.0 Å². The summed E-state index contributed by atoms with van der Waals surface area (Å²) in [6.45, 7) is 24.0. The van der Waals surface area contributed by atoms with Crippen molar-refractivity contribution >= 4 is 17.6 Å². The van der Waals surface area contributed by atoms with E-state index in [1.807, 2.05) is 0 Å². The normalized spacial score (nSPS) is 15.4. The first-order chi connectivity index (χ1) is 13.9. The number of epoxide rings is 1. The maximum atomic E-state index is 10.0. The molecule has 1 atom stereocenters. The van der Waals surface area contributed by atoms with Gasteiger partial charge < -0.3 is 14.2 Å². The van der Waals surface area contributed by atoms with Gasteiger partial charge in [0.1, 0.15) is 0 Å². The van der Waals surface area contributed by atoms with Crippen molar-refractivity contribution in [2.24, 2.45) is 10.4 Å². The highest BCUT2D eigenvalue weighted by Gasteiger charge is 2.30. The molecule has 0 amide bonds. The molecule has 7 nitrogen and oxygen atoms in total. The van der Waals surface area contributed by atoms with Crippen LogP contribution < -0.4 is 0 Å². The summed E-state index contributed by atoms with van der Waals surface area (Å²) >= 11 is 0. The number of methoxy groups -OCH3 is 1. The molecule has 0 radical (unpaired) electrons. The van der Waals surface area contributed by atoms with Crippen molar-refractivity contribution in [3.63, 3.8) is 0 Å². The average Bonchev–Trinajstić information content (AvgIpc) is 3.49. The summed E-state index contributed by atoms with van der Waals surface area (Å²) in [5.41, 5.74) is 1.16. The molecular weight excluding hydrogens is 386 g/mol. The molecule has 2 aliphatic heterocycles. The van der Waals surface area contributed by atoms with Gasteiger partial charge >= 0.3 is 0 Å². The van der Waals surface area contributed by atoms with Gasteiger partial charge in [0, 0.05) is 12.5 Å². The van der Waals surface area contributed by atoms with Gasteiger partial charge in [-0.3, -0.25) is 9.59 Å². The van der Waals surface area contributed by atoms with Gasteiger partial charge in [0.15, 0.2) is 11.6 Å². The lowest BCUT2D eigenvalue weighted by Gasteiger charge is -2.36. The molecule has 0 saturated carbocycles. The number of allylic oxidation sites excluding steroid dienone is 2. The number of carbonyl (C=O) groups excluding carboxylic acids is 3. The van der Waals surface area contributed by atoms with Crippen molar-refractivity contribution in [2.45, 2.75) is 54.1 Å². The third-order valence-electron chi connectivity index (χ3n) is 3.40. The molecule has 2 aliphatic rings. The van der Waals surface area contributed by atoms with Crippen LogP contribution in [0.15, 0.2) is 42.6 Å². The Morgan fingerprint density at radius 1 is 1.27 bits per heavy atom. The molecule has 2 saturated heterocycles. The zero-order valence-corrected chi connectivity index (χ0v) is 20.1. The van der Waals surface area contributed by atoms with Gasteiger partial charge in [-0.15, -0.1) is 0 Å². The molecular formula is C23H41NO6. The Labute approximate surface area is 182 Å². The number of carbonyl (C=O) groups is 2.